The zero-order valence-corrected chi connectivity index (χ0v) is 22.0. The topological polar surface area (TPSA) is 54.5 Å². The van der Waals surface area contributed by atoms with E-state index in [0.29, 0.717) is 16.9 Å². The molecule has 0 bridgehead atoms. The van der Waals surface area contributed by atoms with Crippen LogP contribution in [0.25, 0.3) is 5.70 Å². The number of fused-ring (bicyclic) bond motifs is 1. The summed E-state index contributed by atoms with van der Waals surface area (Å²) in [5.74, 6) is -0.280. The molecule has 1 atom stereocenters. The van der Waals surface area contributed by atoms with Crippen LogP contribution in [-0.2, 0) is 10.0 Å². The zero-order valence-electron chi connectivity index (χ0n) is 19.6. The van der Waals surface area contributed by atoms with Crippen LogP contribution in [0.1, 0.15) is 39.4 Å². The third kappa shape index (κ3) is 4.66. The second-order valence-corrected chi connectivity index (χ2v) is 11.5. The number of halogens is 1. The highest BCUT2D eigenvalue weighted by molar-refractivity contribution is 9.10. The van der Waals surface area contributed by atoms with Crippen molar-refractivity contribution in [1.82, 2.24) is 0 Å². The van der Waals surface area contributed by atoms with Crippen LogP contribution in [0, 0.1) is 6.92 Å². The average molecular weight is 558 g/mol. The second kappa shape index (κ2) is 9.88. The van der Waals surface area contributed by atoms with Crippen molar-refractivity contribution < 1.29 is 13.2 Å². The van der Waals surface area contributed by atoms with E-state index in [1.165, 1.54) is 4.31 Å². The van der Waals surface area contributed by atoms with E-state index in [1.807, 2.05) is 79.7 Å². The second-order valence-electron chi connectivity index (χ2n) is 8.80. The van der Waals surface area contributed by atoms with Crippen molar-refractivity contribution in [3.63, 3.8) is 0 Å². The van der Waals surface area contributed by atoms with Crippen LogP contribution in [0.15, 0.2) is 119 Å². The number of hydrogen-bond donors (Lipinski definition) is 0. The van der Waals surface area contributed by atoms with Gasteiger partial charge in [-0.25, -0.2) is 12.7 Å². The molecule has 4 aromatic carbocycles. The van der Waals surface area contributed by atoms with Gasteiger partial charge in [0.25, 0.3) is 10.0 Å². The molecule has 0 aliphatic carbocycles. The van der Waals surface area contributed by atoms with Crippen molar-refractivity contribution in [2.45, 2.75) is 24.2 Å². The Hall–Kier alpha value is -3.48. The highest BCUT2D eigenvalue weighted by atomic mass is 79.9. The highest BCUT2D eigenvalue weighted by Gasteiger charge is 2.36. The van der Waals surface area contributed by atoms with Gasteiger partial charge >= 0.3 is 0 Å². The van der Waals surface area contributed by atoms with E-state index in [-0.39, 0.29) is 23.0 Å². The lowest BCUT2D eigenvalue weighted by atomic mass is 9.86. The Labute approximate surface area is 220 Å². The largest absolute Gasteiger partial charge is 0.294 e. The van der Waals surface area contributed by atoms with Gasteiger partial charge in [-0.3, -0.25) is 4.79 Å². The van der Waals surface area contributed by atoms with Crippen LogP contribution in [0.4, 0.5) is 5.69 Å². The van der Waals surface area contributed by atoms with Crippen molar-refractivity contribution in [3.05, 3.63) is 136 Å². The Morgan fingerprint density at radius 1 is 0.833 bits per heavy atom. The lowest BCUT2D eigenvalue weighted by molar-refractivity contribution is 0.0978. The van der Waals surface area contributed by atoms with Gasteiger partial charge < -0.3 is 0 Å². The monoisotopic (exact) mass is 557 g/mol. The zero-order chi connectivity index (χ0) is 25.3. The number of sulfonamides is 1. The standard InChI is InChI=1S/C30H24BrNO3S/c1-21-11-17-26(18-12-21)36(34,35)32-28-10-6-5-9-27(28)24(19-29(32)22-7-3-2-4-8-22)20-30(33)23-13-15-25(31)16-14-23/h2-19,24H,20H2,1H3/t24-/m0/s1. The minimum Gasteiger partial charge on any atom is -0.294 e. The van der Waals surface area contributed by atoms with E-state index in [2.05, 4.69) is 15.9 Å². The average Bonchev–Trinajstić information content (AvgIpc) is 2.89. The fourth-order valence-electron chi connectivity index (χ4n) is 4.48. The summed E-state index contributed by atoms with van der Waals surface area (Å²) >= 11 is 3.41. The summed E-state index contributed by atoms with van der Waals surface area (Å²) in [5.41, 5.74) is 4.29. The van der Waals surface area contributed by atoms with E-state index >= 15 is 0 Å². The first-order chi connectivity index (χ1) is 17.3. The summed E-state index contributed by atoms with van der Waals surface area (Å²) in [4.78, 5) is 13.4. The number of benzene rings is 4. The van der Waals surface area contributed by atoms with E-state index < -0.39 is 10.0 Å². The van der Waals surface area contributed by atoms with Crippen LogP contribution in [0.2, 0.25) is 0 Å². The maximum absolute atomic E-state index is 14.0. The fraction of sp³-hybridized carbons (Fsp3) is 0.100. The van der Waals surface area contributed by atoms with Crippen molar-refractivity contribution in [2.24, 2.45) is 0 Å². The number of ketones is 1. The molecule has 1 aliphatic heterocycles. The predicted octanol–water partition coefficient (Wildman–Crippen LogP) is 7.36. The minimum atomic E-state index is -3.92. The quantitative estimate of drug-likeness (QED) is 0.232. The maximum atomic E-state index is 14.0. The van der Waals surface area contributed by atoms with E-state index in [4.69, 9.17) is 0 Å². The number of carbonyl (C=O) groups excluding carboxylic acids is 1. The normalized spacial score (nSPS) is 15.2. The van der Waals surface area contributed by atoms with E-state index in [0.717, 1.165) is 21.2 Å². The van der Waals surface area contributed by atoms with Crippen molar-refractivity contribution >= 4 is 43.1 Å². The summed E-state index contributed by atoms with van der Waals surface area (Å²) in [6.07, 6.45) is 2.15. The lowest BCUT2D eigenvalue weighted by Crippen LogP contribution is -2.33. The number of anilines is 1. The molecule has 1 heterocycles. The molecule has 0 aromatic heterocycles. The highest BCUT2D eigenvalue weighted by Crippen LogP contribution is 2.44. The van der Waals surface area contributed by atoms with Gasteiger partial charge in [0.1, 0.15) is 0 Å². The van der Waals surface area contributed by atoms with Gasteiger partial charge in [0.05, 0.1) is 16.3 Å². The summed E-state index contributed by atoms with van der Waals surface area (Å²) < 4.78 is 30.4. The number of rotatable bonds is 6. The first-order valence-corrected chi connectivity index (χ1v) is 13.8. The van der Waals surface area contributed by atoms with Gasteiger partial charge in [0.2, 0.25) is 0 Å². The molecule has 5 rings (SSSR count). The molecule has 6 heteroatoms. The molecule has 0 amide bonds. The molecule has 4 nitrogen and oxygen atoms in total. The Kier molecular flexibility index (Phi) is 6.65. The molecule has 0 radical (unpaired) electrons. The van der Waals surface area contributed by atoms with Gasteiger partial charge in [0.15, 0.2) is 5.78 Å². The number of para-hydroxylation sites is 1. The van der Waals surface area contributed by atoms with Crippen LogP contribution in [-0.4, -0.2) is 14.2 Å². The molecule has 0 N–H and O–H groups in total. The summed E-state index contributed by atoms with van der Waals surface area (Å²) in [5, 5.41) is 0. The third-order valence-corrected chi connectivity index (χ3v) is 8.60. The molecular formula is C30H24BrNO3S. The molecule has 4 aromatic rings. The molecule has 0 fully saturated rings. The van der Waals surface area contributed by atoms with Gasteiger partial charge in [-0.05, 0) is 48.4 Å². The Balaban J connectivity index is 1.65. The van der Waals surface area contributed by atoms with E-state index in [9.17, 15) is 13.2 Å². The molecule has 0 saturated carbocycles. The van der Waals surface area contributed by atoms with Crippen LogP contribution in [0.3, 0.4) is 0 Å². The van der Waals surface area contributed by atoms with Crippen LogP contribution in [0.5, 0.6) is 0 Å². The number of allylic oxidation sites excluding steroid dienone is 1. The smallest absolute Gasteiger partial charge is 0.268 e. The summed E-state index contributed by atoms with van der Waals surface area (Å²) in [6, 6.07) is 31.1. The van der Waals surface area contributed by atoms with E-state index in [1.54, 1.807) is 36.4 Å². The number of hydrogen-bond acceptors (Lipinski definition) is 3. The van der Waals surface area contributed by atoms with Crippen molar-refractivity contribution in [1.29, 1.82) is 0 Å². The van der Waals surface area contributed by atoms with Gasteiger partial charge in [-0.2, -0.15) is 0 Å². The Morgan fingerprint density at radius 3 is 2.17 bits per heavy atom. The van der Waals surface area contributed by atoms with Gasteiger partial charge in [-0.1, -0.05) is 100 Å². The first kappa shape index (κ1) is 24.2. The number of aryl methyl sites for hydroxylation is 1. The minimum absolute atomic E-state index is 0.000747. The molecule has 180 valence electrons. The summed E-state index contributed by atoms with van der Waals surface area (Å²) in [6.45, 7) is 1.93. The molecule has 36 heavy (non-hydrogen) atoms. The van der Waals surface area contributed by atoms with Crippen molar-refractivity contribution in [2.75, 3.05) is 4.31 Å². The molecular weight excluding hydrogens is 534 g/mol. The fourth-order valence-corrected chi connectivity index (χ4v) is 6.29. The van der Waals surface area contributed by atoms with Crippen LogP contribution < -0.4 is 4.31 Å². The molecule has 1 aliphatic rings. The van der Waals surface area contributed by atoms with Gasteiger partial charge in [0, 0.05) is 22.4 Å². The SMILES string of the molecule is Cc1ccc(S(=O)(=O)N2C(c3ccccc3)=C[C@@H](CC(=O)c3ccc(Br)cc3)c3ccccc32)cc1. The number of Topliss-reactive ketones (excluding diaryl/α,β-unsaturated/α-hetero) is 1. The predicted molar refractivity (Wildman–Crippen MR) is 148 cm³/mol. The van der Waals surface area contributed by atoms with Crippen LogP contribution >= 0.6 is 15.9 Å². The van der Waals surface area contributed by atoms with Gasteiger partial charge in [-0.15, -0.1) is 0 Å². The van der Waals surface area contributed by atoms with Crippen molar-refractivity contribution in [3.8, 4) is 0 Å². The molecule has 0 unspecified atom stereocenters. The third-order valence-electron chi connectivity index (χ3n) is 6.33. The first-order valence-electron chi connectivity index (χ1n) is 11.6. The lowest BCUT2D eigenvalue weighted by Gasteiger charge is -2.35. The molecule has 0 spiro atoms. The maximum Gasteiger partial charge on any atom is 0.268 e. The Bertz CT molecular complexity index is 1540. The molecule has 0 saturated heterocycles. The Morgan fingerprint density at radius 2 is 1.47 bits per heavy atom. The number of carbonyl (C=O) groups is 1. The number of nitrogens with zero attached hydrogens (tertiary/aromatic N) is 1. The summed E-state index contributed by atoms with van der Waals surface area (Å²) in [7, 11) is -3.92.